The molecule has 3 aromatic rings. The molecule has 1 amide bonds. The molecule has 4 rings (SSSR count). The number of carbonyl (C=O) groups is 1. The quantitative estimate of drug-likeness (QED) is 0.562. The average molecular weight is 491 g/mol. The van der Waals surface area contributed by atoms with Crippen molar-refractivity contribution < 1.29 is 17.6 Å². The summed E-state index contributed by atoms with van der Waals surface area (Å²) in [5, 5.41) is 2.78. The number of aromatic nitrogens is 2. The molecule has 0 bridgehead atoms. The first kappa shape index (κ1) is 23.4. The molecule has 1 aliphatic rings. The van der Waals surface area contributed by atoms with Gasteiger partial charge in [0.1, 0.15) is 10.7 Å². The number of sulfonamides is 1. The zero-order valence-corrected chi connectivity index (χ0v) is 19.4. The highest BCUT2D eigenvalue weighted by Crippen LogP contribution is 2.27. The Labute approximate surface area is 197 Å². The summed E-state index contributed by atoms with van der Waals surface area (Å²) in [6, 6.07) is 8.85. The molecule has 1 aliphatic heterocycles. The van der Waals surface area contributed by atoms with E-state index in [-0.39, 0.29) is 22.0 Å². The van der Waals surface area contributed by atoms with Crippen LogP contribution in [0.15, 0.2) is 60.0 Å². The summed E-state index contributed by atoms with van der Waals surface area (Å²) >= 11 is 6.21. The van der Waals surface area contributed by atoms with Crippen molar-refractivity contribution in [2.75, 3.05) is 13.1 Å². The van der Waals surface area contributed by atoms with Gasteiger partial charge >= 0.3 is 0 Å². The van der Waals surface area contributed by atoms with Gasteiger partial charge in [-0.3, -0.25) is 4.79 Å². The summed E-state index contributed by atoms with van der Waals surface area (Å²) in [6.07, 6.45) is 8.27. The van der Waals surface area contributed by atoms with E-state index in [0.29, 0.717) is 24.3 Å². The Morgan fingerprint density at radius 1 is 1.09 bits per heavy atom. The first-order valence-electron chi connectivity index (χ1n) is 10.7. The molecule has 0 aliphatic carbocycles. The summed E-state index contributed by atoms with van der Waals surface area (Å²) in [7, 11) is -3.81. The summed E-state index contributed by atoms with van der Waals surface area (Å²) in [5.74, 6) is -0.921. The third kappa shape index (κ3) is 5.26. The van der Waals surface area contributed by atoms with Gasteiger partial charge in [-0.1, -0.05) is 30.5 Å². The fourth-order valence-corrected chi connectivity index (χ4v) is 5.84. The van der Waals surface area contributed by atoms with E-state index in [4.69, 9.17) is 11.6 Å². The Bertz CT molecular complexity index is 1240. The lowest BCUT2D eigenvalue weighted by Crippen LogP contribution is -2.32. The molecule has 1 aromatic heterocycles. The molecular formula is C23H24ClFN4O3S. The van der Waals surface area contributed by atoms with Gasteiger partial charge in [0.15, 0.2) is 0 Å². The number of nitrogens with zero attached hydrogens (tertiary/aromatic N) is 3. The average Bonchev–Trinajstić information content (AvgIpc) is 3.18. The van der Waals surface area contributed by atoms with E-state index in [1.807, 2.05) is 0 Å². The molecule has 10 heteroatoms. The number of carbonyl (C=O) groups excluding carboxylic acids is 1. The monoisotopic (exact) mass is 490 g/mol. The minimum Gasteiger partial charge on any atom is -0.348 e. The van der Waals surface area contributed by atoms with Crippen LogP contribution < -0.4 is 5.32 Å². The molecule has 0 radical (unpaired) electrons. The zero-order chi connectivity index (χ0) is 23.4. The minimum absolute atomic E-state index is 0.0746. The van der Waals surface area contributed by atoms with Crippen molar-refractivity contribution in [2.24, 2.45) is 0 Å². The maximum atomic E-state index is 14.4. The highest BCUT2D eigenvalue weighted by Gasteiger charge is 2.28. The van der Waals surface area contributed by atoms with Crippen molar-refractivity contribution in [1.29, 1.82) is 0 Å². The van der Waals surface area contributed by atoms with E-state index in [1.54, 1.807) is 29.1 Å². The standard InChI is InChI=1S/C23H24ClFN4O3S/c24-19-7-6-18(14-22(19)33(31,32)29-10-3-1-2-4-11-29)23(30)27-15-17-5-8-21(20(25)13-17)28-12-9-26-16-28/h5-9,12-14,16H,1-4,10-11,15H2,(H,27,30). The van der Waals surface area contributed by atoms with Crippen molar-refractivity contribution in [3.05, 3.63) is 77.1 Å². The maximum absolute atomic E-state index is 14.4. The number of amides is 1. The van der Waals surface area contributed by atoms with Crippen LogP contribution in [-0.2, 0) is 16.6 Å². The van der Waals surface area contributed by atoms with Crippen molar-refractivity contribution >= 4 is 27.5 Å². The van der Waals surface area contributed by atoms with E-state index in [1.165, 1.54) is 34.9 Å². The van der Waals surface area contributed by atoms with E-state index in [9.17, 15) is 17.6 Å². The van der Waals surface area contributed by atoms with E-state index < -0.39 is 21.7 Å². The fraction of sp³-hybridized carbons (Fsp3) is 0.304. The molecule has 174 valence electrons. The van der Waals surface area contributed by atoms with Gasteiger partial charge in [0, 0.05) is 37.6 Å². The predicted octanol–water partition coefficient (Wildman–Crippen LogP) is 4.16. The van der Waals surface area contributed by atoms with Crippen LogP contribution >= 0.6 is 11.6 Å². The van der Waals surface area contributed by atoms with Gasteiger partial charge in [-0.2, -0.15) is 4.31 Å². The van der Waals surface area contributed by atoms with Crippen LogP contribution in [0.5, 0.6) is 0 Å². The molecule has 1 saturated heterocycles. The SMILES string of the molecule is O=C(NCc1ccc(-n2ccnc2)c(F)c1)c1ccc(Cl)c(S(=O)(=O)N2CCCCCC2)c1. The van der Waals surface area contributed by atoms with Crippen LogP contribution in [-0.4, -0.2) is 41.3 Å². The smallest absolute Gasteiger partial charge is 0.251 e. The predicted molar refractivity (Wildman–Crippen MR) is 123 cm³/mol. The van der Waals surface area contributed by atoms with Gasteiger partial charge in [0.05, 0.1) is 17.0 Å². The molecule has 0 unspecified atom stereocenters. The fourth-order valence-electron chi connectivity index (χ4n) is 3.82. The number of halogens is 2. The Balaban J connectivity index is 1.48. The summed E-state index contributed by atoms with van der Waals surface area (Å²) < 4.78 is 43.7. The zero-order valence-electron chi connectivity index (χ0n) is 17.9. The summed E-state index contributed by atoms with van der Waals surface area (Å²) in [6.45, 7) is 0.961. The second-order valence-electron chi connectivity index (χ2n) is 7.90. The molecule has 0 spiro atoms. The lowest BCUT2D eigenvalue weighted by atomic mass is 10.1. The second-order valence-corrected chi connectivity index (χ2v) is 10.2. The van der Waals surface area contributed by atoms with Gasteiger partial charge in [-0.15, -0.1) is 0 Å². The van der Waals surface area contributed by atoms with Crippen LogP contribution in [0.1, 0.15) is 41.6 Å². The van der Waals surface area contributed by atoms with Crippen molar-refractivity contribution in [1.82, 2.24) is 19.2 Å². The molecule has 7 nitrogen and oxygen atoms in total. The third-order valence-electron chi connectivity index (χ3n) is 5.62. The normalized spacial score (nSPS) is 15.2. The molecule has 33 heavy (non-hydrogen) atoms. The van der Waals surface area contributed by atoms with E-state index in [0.717, 1.165) is 25.7 Å². The van der Waals surface area contributed by atoms with Crippen LogP contribution in [0, 0.1) is 5.82 Å². The lowest BCUT2D eigenvalue weighted by molar-refractivity contribution is 0.0950. The molecule has 0 atom stereocenters. The van der Waals surface area contributed by atoms with Crippen LogP contribution in [0.2, 0.25) is 5.02 Å². The highest BCUT2D eigenvalue weighted by molar-refractivity contribution is 7.89. The number of hydrogen-bond donors (Lipinski definition) is 1. The van der Waals surface area contributed by atoms with Gasteiger partial charge in [-0.25, -0.2) is 17.8 Å². The summed E-state index contributed by atoms with van der Waals surface area (Å²) in [4.78, 5) is 16.5. The van der Waals surface area contributed by atoms with Crippen molar-refractivity contribution in [3.63, 3.8) is 0 Å². The van der Waals surface area contributed by atoms with Crippen molar-refractivity contribution in [2.45, 2.75) is 37.1 Å². The van der Waals surface area contributed by atoms with Crippen LogP contribution in [0.3, 0.4) is 0 Å². The molecule has 1 fully saturated rings. The Morgan fingerprint density at radius 2 is 1.85 bits per heavy atom. The topological polar surface area (TPSA) is 84.3 Å². The van der Waals surface area contributed by atoms with Crippen LogP contribution in [0.4, 0.5) is 4.39 Å². The molecule has 2 aromatic carbocycles. The number of benzene rings is 2. The van der Waals surface area contributed by atoms with Crippen LogP contribution in [0.25, 0.3) is 5.69 Å². The third-order valence-corrected chi connectivity index (χ3v) is 8.00. The second kappa shape index (κ2) is 10.0. The number of nitrogens with one attached hydrogen (secondary N) is 1. The first-order valence-corrected chi connectivity index (χ1v) is 12.5. The van der Waals surface area contributed by atoms with Gasteiger partial charge in [0.2, 0.25) is 10.0 Å². The Kier molecular flexibility index (Phi) is 7.11. The summed E-state index contributed by atoms with van der Waals surface area (Å²) in [5.41, 5.74) is 1.09. The maximum Gasteiger partial charge on any atom is 0.251 e. The van der Waals surface area contributed by atoms with Gasteiger partial charge in [0.25, 0.3) is 5.91 Å². The number of imidazole rings is 1. The Morgan fingerprint density at radius 3 is 2.52 bits per heavy atom. The van der Waals surface area contributed by atoms with E-state index in [2.05, 4.69) is 10.3 Å². The molecule has 1 N–H and O–H groups in total. The molecular weight excluding hydrogens is 467 g/mol. The highest BCUT2D eigenvalue weighted by atomic mass is 35.5. The molecule has 0 saturated carbocycles. The van der Waals surface area contributed by atoms with Gasteiger partial charge < -0.3 is 9.88 Å². The Hall–Kier alpha value is -2.75. The van der Waals surface area contributed by atoms with Crippen molar-refractivity contribution in [3.8, 4) is 5.69 Å². The lowest BCUT2D eigenvalue weighted by Gasteiger charge is -2.21. The number of hydrogen-bond acceptors (Lipinski definition) is 4. The first-order chi connectivity index (χ1) is 15.9. The van der Waals surface area contributed by atoms with Gasteiger partial charge in [-0.05, 0) is 48.7 Å². The van der Waals surface area contributed by atoms with E-state index >= 15 is 0 Å². The largest absolute Gasteiger partial charge is 0.348 e. The minimum atomic E-state index is -3.81. The number of rotatable bonds is 6. The molecule has 2 heterocycles.